The molecular formula is C5H7NOS. The van der Waals surface area contributed by atoms with E-state index in [9.17, 15) is 0 Å². The molecule has 0 aromatic carbocycles. The van der Waals surface area contributed by atoms with Gasteiger partial charge in [0.1, 0.15) is 6.10 Å². The van der Waals surface area contributed by atoms with Gasteiger partial charge in [-0.1, -0.05) is 17.4 Å². The lowest BCUT2D eigenvalue weighted by molar-refractivity contribution is 0.0921. The summed E-state index contributed by atoms with van der Waals surface area (Å²) in [6.45, 7) is 0. The van der Waals surface area contributed by atoms with E-state index in [0.29, 0.717) is 0 Å². The largest absolute Gasteiger partial charge is 0.392 e. The van der Waals surface area contributed by atoms with Crippen LogP contribution in [0, 0.1) is 0 Å². The van der Waals surface area contributed by atoms with Gasteiger partial charge in [-0.15, -0.1) is 0 Å². The summed E-state index contributed by atoms with van der Waals surface area (Å²) >= 11 is 4.63. The van der Waals surface area contributed by atoms with Crippen LogP contribution in [0.15, 0.2) is 5.16 Å². The van der Waals surface area contributed by atoms with Gasteiger partial charge in [-0.3, -0.25) is 0 Å². The highest BCUT2D eigenvalue weighted by Gasteiger charge is 2.09. The van der Waals surface area contributed by atoms with Gasteiger partial charge in [0, 0.05) is 19.1 Å². The van der Waals surface area contributed by atoms with Crippen molar-refractivity contribution in [2.45, 2.75) is 18.9 Å². The molecule has 0 aliphatic carbocycles. The molecule has 1 aliphatic heterocycles. The highest BCUT2D eigenvalue weighted by Crippen LogP contribution is 2.06. The van der Waals surface area contributed by atoms with Gasteiger partial charge in [-0.05, 0) is 5.37 Å². The van der Waals surface area contributed by atoms with E-state index in [2.05, 4.69) is 17.4 Å². The summed E-state index contributed by atoms with van der Waals surface area (Å²) in [5, 5.41) is 5.27. The minimum Gasteiger partial charge on any atom is -0.392 e. The first-order chi connectivity index (χ1) is 3.93. The second-order valence-corrected chi connectivity index (χ2v) is 1.99. The zero-order valence-corrected chi connectivity index (χ0v) is 5.23. The Morgan fingerprint density at radius 1 is 2.00 bits per heavy atom. The van der Waals surface area contributed by atoms with Gasteiger partial charge in [0.15, 0.2) is 0 Å². The van der Waals surface area contributed by atoms with Crippen molar-refractivity contribution in [2.75, 3.05) is 0 Å². The molecule has 1 rings (SSSR count). The minimum atomic E-state index is 0.229. The predicted octanol–water partition coefficient (Wildman–Crippen LogP) is 1.15. The summed E-state index contributed by atoms with van der Waals surface area (Å²) in [5.74, 6) is 0. The lowest BCUT2D eigenvalue weighted by Crippen LogP contribution is -2.03. The Hall–Kier alpha value is -0.440. The monoisotopic (exact) mass is 129 g/mol. The van der Waals surface area contributed by atoms with E-state index < -0.39 is 0 Å². The first-order valence-electron chi connectivity index (χ1n) is 2.55. The lowest BCUT2D eigenvalue weighted by atomic mass is 10.2. The molecule has 44 valence electrons. The summed E-state index contributed by atoms with van der Waals surface area (Å²) in [5.41, 5.74) is 0. The van der Waals surface area contributed by atoms with Crippen LogP contribution < -0.4 is 0 Å². The van der Waals surface area contributed by atoms with Crippen LogP contribution in [0.5, 0.6) is 0 Å². The van der Waals surface area contributed by atoms with E-state index >= 15 is 0 Å². The highest BCUT2D eigenvalue weighted by atomic mass is 32.1. The molecule has 1 unspecified atom stereocenters. The Balaban J connectivity index is 2.19. The first kappa shape index (κ1) is 5.69. The molecule has 0 spiro atoms. The topological polar surface area (TPSA) is 21.6 Å². The fourth-order valence-corrected chi connectivity index (χ4v) is 0.794. The third kappa shape index (κ3) is 1.26. The summed E-state index contributed by atoms with van der Waals surface area (Å²) in [6.07, 6.45) is 3.74. The summed E-state index contributed by atoms with van der Waals surface area (Å²) in [7, 11) is 0. The van der Waals surface area contributed by atoms with Crippen molar-refractivity contribution < 1.29 is 4.84 Å². The second kappa shape index (κ2) is 2.77. The third-order valence-corrected chi connectivity index (χ3v) is 1.20. The van der Waals surface area contributed by atoms with E-state index in [1.807, 2.05) is 0 Å². The molecule has 0 saturated heterocycles. The van der Waals surface area contributed by atoms with Crippen LogP contribution in [0.3, 0.4) is 0 Å². The molecule has 0 fully saturated rings. The standard InChI is InChI=1S/C5H7NOS/c8-4-2-5-1-3-6-7-5/h3-5H,1-2H2. The number of hydrogen-bond acceptors (Lipinski definition) is 3. The number of nitrogens with zero attached hydrogens (tertiary/aromatic N) is 1. The molecule has 0 amide bonds. The van der Waals surface area contributed by atoms with Crippen LogP contribution in [-0.4, -0.2) is 17.7 Å². The number of hydrogen-bond donors (Lipinski definition) is 0. The van der Waals surface area contributed by atoms with Gasteiger partial charge in [-0.2, -0.15) is 0 Å². The smallest absolute Gasteiger partial charge is 0.136 e. The molecule has 0 bridgehead atoms. The Labute approximate surface area is 53.5 Å². The van der Waals surface area contributed by atoms with Crippen LogP contribution in [0.4, 0.5) is 0 Å². The van der Waals surface area contributed by atoms with Gasteiger partial charge in [-0.25, -0.2) is 0 Å². The molecular weight excluding hydrogens is 122 g/mol. The summed E-state index contributed by atoms with van der Waals surface area (Å²) in [6, 6.07) is 0. The Kier molecular flexibility index (Phi) is 1.97. The maximum Gasteiger partial charge on any atom is 0.136 e. The van der Waals surface area contributed by atoms with Crippen LogP contribution in [0.25, 0.3) is 0 Å². The van der Waals surface area contributed by atoms with E-state index in [0.717, 1.165) is 12.8 Å². The highest BCUT2D eigenvalue weighted by molar-refractivity contribution is 7.78. The van der Waals surface area contributed by atoms with Gasteiger partial charge in [0.2, 0.25) is 0 Å². The van der Waals surface area contributed by atoms with Gasteiger partial charge in [0.05, 0.1) is 0 Å². The van der Waals surface area contributed by atoms with Crippen LogP contribution in [0.1, 0.15) is 12.8 Å². The Bertz CT molecular complexity index is 105. The quantitative estimate of drug-likeness (QED) is 0.522. The number of oxime groups is 1. The average molecular weight is 129 g/mol. The molecule has 1 atom stereocenters. The zero-order valence-electron chi connectivity index (χ0n) is 4.41. The lowest BCUT2D eigenvalue weighted by Gasteiger charge is -2.00. The Morgan fingerprint density at radius 2 is 2.88 bits per heavy atom. The maximum absolute atomic E-state index is 4.86. The first-order valence-corrected chi connectivity index (χ1v) is 3.02. The molecule has 0 radical (unpaired) electrons. The van der Waals surface area contributed by atoms with Crippen molar-refractivity contribution in [3.05, 3.63) is 0 Å². The van der Waals surface area contributed by atoms with Gasteiger partial charge in [0.25, 0.3) is 0 Å². The molecule has 1 heterocycles. The number of rotatable bonds is 2. The summed E-state index contributed by atoms with van der Waals surface area (Å²) in [4.78, 5) is 4.86. The van der Waals surface area contributed by atoms with Crippen LogP contribution in [0.2, 0.25) is 0 Å². The van der Waals surface area contributed by atoms with Crippen LogP contribution in [-0.2, 0) is 4.84 Å². The molecule has 2 nitrogen and oxygen atoms in total. The molecule has 0 saturated carbocycles. The van der Waals surface area contributed by atoms with Gasteiger partial charge >= 0.3 is 0 Å². The van der Waals surface area contributed by atoms with Crippen molar-refractivity contribution in [3.8, 4) is 0 Å². The molecule has 1 aliphatic rings. The van der Waals surface area contributed by atoms with Crippen molar-refractivity contribution in [3.63, 3.8) is 0 Å². The van der Waals surface area contributed by atoms with Crippen molar-refractivity contribution >= 4 is 23.8 Å². The molecule has 0 aromatic rings. The normalized spacial score (nSPS) is 25.2. The van der Waals surface area contributed by atoms with Crippen molar-refractivity contribution in [2.24, 2.45) is 5.16 Å². The second-order valence-electron chi connectivity index (χ2n) is 1.65. The molecule has 0 aromatic heterocycles. The minimum absolute atomic E-state index is 0.229. The van der Waals surface area contributed by atoms with Crippen molar-refractivity contribution in [1.82, 2.24) is 0 Å². The van der Waals surface area contributed by atoms with Crippen molar-refractivity contribution in [1.29, 1.82) is 0 Å². The number of thiocarbonyl (C=S) groups is 1. The van der Waals surface area contributed by atoms with E-state index in [1.165, 1.54) is 0 Å². The Morgan fingerprint density at radius 3 is 3.38 bits per heavy atom. The molecule has 3 heteroatoms. The SMILES string of the molecule is S=CCC1CC=NO1. The van der Waals surface area contributed by atoms with E-state index in [1.54, 1.807) is 11.6 Å². The zero-order chi connectivity index (χ0) is 5.82. The maximum atomic E-state index is 4.86. The predicted molar refractivity (Wildman–Crippen MR) is 36.3 cm³/mol. The fourth-order valence-electron chi connectivity index (χ4n) is 0.579. The van der Waals surface area contributed by atoms with E-state index in [-0.39, 0.29) is 6.10 Å². The van der Waals surface area contributed by atoms with Gasteiger partial charge < -0.3 is 4.84 Å². The van der Waals surface area contributed by atoms with Crippen LogP contribution >= 0.6 is 12.2 Å². The molecule has 0 N–H and O–H groups in total. The summed E-state index contributed by atoms with van der Waals surface area (Å²) < 4.78 is 0. The van der Waals surface area contributed by atoms with E-state index in [4.69, 9.17) is 4.84 Å². The third-order valence-electron chi connectivity index (χ3n) is 1.01. The fraction of sp³-hybridized carbons (Fsp3) is 0.600. The average Bonchev–Trinajstić information content (AvgIpc) is 2.19. The molecule has 8 heavy (non-hydrogen) atoms.